The topological polar surface area (TPSA) is 42.0 Å². The van der Waals surface area contributed by atoms with E-state index in [4.69, 9.17) is 23.2 Å². The van der Waals surface area contributed by atoms with E-state index in [2.05, 4.69) is 10.3 Å². The van der Waals surface area contributed by atoms with Gasteiger partial charge in [0.1, 0.15) is 5.15 Å². The quantitative estimate of drug-likeness (QED) is 0.847. The van der Waals surface area contributed by atoms with Crippen LogP contribution in [0.25, 0.3) is 0 Å². The van der Waals surface area contributed by atoms with E-state index < -0.39 is 0 Å². The maximum absolute atomic E-state index is 12.0. The Morgan fingerprint density at radius 2 is 2.00 bits per heavy atom. The highest BCUT2D eigenvalue weighted by molar-refractivity contribution is 6.34. The van der Waals surface area contributed by atoms with Gasteiger partial charge in [0.2, 0.25) is 0 Å². The molecule has 1 aromatic heterocycles. The van der Waals surface area contributed by atoms with Crippen molar-refractivity contribution in [3.05, 3.63) is 57.8 Å². The lowest BCUT2D eigenvalue weighted by Gasteiger charge is -2.07. The molecule has 0 aliphatic rings. The molecular formula is C13H10Cl2N2O. The van der Waals surface area contributed by atoms with Crippen molar-refractivity contribution in [2.75, 3.05) is 5.32 Å². The second kappa shape index (κ2) is 5.38. The van der Waals surface area contributed by atoms with Crippen LogP contribution in [0.5, 0.6) is 0 Å². The fraction of sp³-hybridized carbons (Fsp3) is 0.0769. The van der Waals surface area contributed by atoms with Crippen LogP contribution in [0.2, 0.25) is 10.3 Å². The van der Waals surface area contributed by atoms with E-state index in [1.807, 2.05) is 19.1 Å². The minimum absolute atomic E-state index is 0.170. The molecule has 18 heavy (non-hydrogen) atoms. The Bertz CT molecular complexity index is 599. The first-order valence-corrected chi connectivity index (χ1v) is 6.02. The third-order valence-corrected chi connectivity index (χ3v) is 2.84. The number of carbonyl (C=O) groups is 1. The van der Waals surface area contributed by atoms with Crippen LogP contribution in [0.15, 0.2) is 36.4 Å². The van der Waals surface area contributed by atoms with Crippen LogP contribution in [0, 0.1) is 6.92 Å². The van der Waals surface area contributed by atoms with Gasteiger partial charge in [-0.25, -0.2) is 4.98 Å². The van der Waals surface area contributed by atoms with Crippen molar-refractivity contribution in [2.24, 2.45) is 0 Å². The predicted octanol–water partition coefficient (Wildman–Crippen LogP) is 3.95. The summed E-state index contributed by atoms with van der Waals surface area (Å²) in [5.74, 6) is -0.232. The average molecular weight is 281 g/mol. The highest BCUT2D eigenvalue weighted by Gasteiger charge is 2.09. The van der Waals surface area contributed by atoms with Crippen molar-refractivity contribution in [2.45, 2.75) is 6.92 Å². The summed E-state index contributed by atoms with van der Waals surface area (Å²) in [6.45, 7) is 1.92. The van der Waals surface area contributed by atoms with Crippen LogP contribution in [0.4, 0.5) is 5.69 Å². The maximum Gasteiger partial charge on any atom is 0.255 e. The molecule has 0 atom stereocenters. The maximum atomic E-state index is 12.0. The average Bonchev–Trinajstić information content (AvgIpc) is 2.32. The number of benzene rings is 1. The summed E-state index contributed by atoms with van der Waals surface area (Å²) in [7, 11) is 0. The SMILES string of the molecule is Cc1cccc(C(=O)Nc2ccc(Cl)nc2Cl)c1. The molecule has 1 heterocycles. The fourth-order valence-corrected chi connectivity index (χ4v) is 1.88. The highest BCUT2D eigenvalue weighted by atomic mass is 35.5. The molecule has 0 bridgehead atoms. The van der Waals surface area contributed by atoms with Gasteiger partial charge in [0.05, 0.1) is 5.69 Å². The minimum Gasteiger partial charge on any atom is -0.319 e. The van der Waals surface area contributed by atoms with Crippen molar-refractivity contribution < 1.29 is 4.79 Å². The monoisotopic (exact) mass is 280 g/mol. The van der Waals surface area contributed by atoms with Crippen LogP contribution in [-0.2, 0) is 0 Å². The summed E-state index contributed by atoms with van der Waals surface area (Å²) in [4.78, 5) is 15.8. The van der Waals surface area contributed by atoms with Crippen LogP contribution in [0.1, 0.15) is 15.9 Å². The molecule has 1 N–H and O–H groups in total. The van der Waals surface area contributed by atoms with Crippen molar-refractivity contribution in [3.8, 4) is 0 Å². The number of rotatable bonds is 2. The summed E-state index contributed by atoms with van der Waals surface area (Å²) < 4.78 is 0. The predicted molar refractivity (Wildman–Crippen MR) is 73.4 cm³/mol. The molecule has 0 saturated carbocycles. The molecule has 1 aromatic carbocycles. The van der Waals surface area contributed by atoms with E-state index in [-0.39, 0.29) is 16.2 Å². The van der Waals surface area contributed by atoms with E-state index in [0.29, 0.717) is 11.3 Å². The number of carbonyl (C=O) groups excluding carboxylic acids is 1. The zero-order valence-corrected chi connectivity index (χ0v) is 11.1. The number of amides is 1. The van der Waals surface area contributed by atoms with Gasteiger partial charge in [0, 0.05) is 5.56 Å². The molecule has 92 valence electrons. The molecule has 0 saturated heterocycles. The van der Waals surface area contributed by atoms with Gasteiger partial charge in [-0.3, -0.25) is 4.79 Å². The smallest absolute Gasteiger partial charge is 0.255 e. The van der Waals surface area contributed by atoms with Crippen LogP contribution >= 0.6 is 23.2 Å². The van der Waals surface area contributed by atoms with Crippen molar-refractivity contribution in [1.29, 1.82) is 0 Å². The van der Waals surface area contributed by atoms with Crippen molar-refractivity contribution in [3.63, 3.8) is 0 Å². The first-order valence-electron chi connectivity index (χ1n) is 5.26. The first kappa shape index (κ1) is 12.9. The molecule has 5 heteroatoms. The Labute approximate surface area is 115 Å². The largest absolute Gasteiger partial charge is 0.319 e. The molecule has 3 nitrogen and oxygen atoms in total. The standard InChI is InChI=1S/C13H10Cl2N2O/c1-8-3-2-4-9(7-8)13(18)16-10-5-6-11(14)17-12(10)15/h2-7H,1H3,(H,16,18). The Kier molecular flexibility index (Phi) is 3.84. The van der Waals surface area contributed by atoms with Gasteiger partial charge in [-0.1, -0.05) is 40.9 Å². The number of anilines is 1. The zero-order valence-electron chi connectivity index (χ0n) is 9.58. The molecule has 0 radical (unpaired) electrons. The van der Waals surface area contributed by atoms with Crippen molar-refractivity contribution >= 4 is 34.8 Å². The number of hydrogen-bond donors (Lipinski definition) is 1. The molecule has 0 aliphatic carbocycles. The van der Waals surface area contributed by atoms with Gasteiger partial charge in [0.25, 0.3) is 5.91 Å². The third-order valence-electron chi connectivity index (χ3n) is 2.34. The lowest BCUT2D eigenvalue weighted by Crippen LogP contribution is -2.12. The molecular weight excluding hydrogens is 271 g/mol. The number of aromatic nitrogens is 1. The fourth-order valence-electron chi connectivity index (χ4n) is 1.49. The summed E-state index contributed by atoms with van der Waals surface area (Å²) in [5.41, 5.74) is 2.02. The Hall–Kier alpha value is -1.58. The third kappa shape index (κ3) is 3.00. The second-order valence-corrected chi connectivity index (χ2v) is 4.54. The Morgan fingerprint density at radius 3 is 2.67 bits per heavy atom. The molecule has 2 aromatic rings. The van der Waals surface area contributed by atoms with Crippen LogP contribution in [0.3, 0.4) is 0 Å². The number of nitrogens with zero attached hydrogens (tertiary/aromatic N) is 1. The van der Waals surface area contributed by atoms with E-state index >= 15 is 0 Å². The van der Waals surface area contributed by atoms with E-state index in [1.54, 1.807) is 24.3 Å². The van der Waals surface area contributed by atoms with Crippen LogP contribution < -0.4 is 5.32 Å². The lowest BCUT2D eigenvalue weighted by atomic mass is 10.1. The Morgan fingerprint density at radius 1 is 1.22 bits per heavy atom. The number of hydrogen-bond acceptors (Lipinski definition) is 2. The van der Waals surface area contributed by atoms with E-state index in [9.17, 15) is 4.79 Å². The van der Waals surface area contributed by atoms with E-state index in [1.165, 1.54) is 0 Å². The Balaban J connectivity index is 2.21. The number of pyridine rings is 1. The molecule has 0 spiro atoms. The number of aryl methyl sites for hydroxylation is 1. The van der Waals surface area contributed by atoms with Gasteiger partial charge in [-0.05, 0) is 31.2 Å². The van der Waals surface area contributed by atoms with Gasteiger partial charge >= 0.3 is 0 Å². The molecule has 0 aliphatic heterocycles. The van der Waals surface area contributed by atoms with Gasteiger partial charge in [-0.15, -0.1) is 0 Å². The van der Waals surface area contributed by atoms with Gasteiger partial charge in [-0.2, -0.15) is 0 Å². The summed E-state index contributed by atoms with van der Waals surface area (Å²) in [6, 6.07) is 10.5. The second-order valence-electron chi connectivity index (χ2n) is 3.80. The molecule has 0 fully saturated rings. The normalized spacial score (nSPS) is 10.2. The van der Waals surface area contributed by atoms with Crippen LogP contribution in [-0.4, -0.2) is 10.9 Å². The first-order chi connectivity index (χ1) is 8.56. The summed E-state index contributed by atoms with van der Waals surface area (Å²) in [5, 5.41) is 3.14. The highest BCUT2D eigenvalue weighted by Crippen LogP contribution is 2.22. The number of nitrogens with one attached hydrogen (secondary N) is 1. The summed E-state index contributed by atoms with van der Waals surface area (Å²) >= 11 is 11.6. The number of halogens is 2. The zero-order chi connectivity index (χ0) is 13.1. The van der Waals surface area contributed by atoms with Crippen molar-refractivity contribution in [1.82, 2.24) is 4.98 Å². The van der Waals surface area contributed by atoms with E-state index in [0.717, 1.165) is 5.56 Å². The summed E-state index contributed by atoms with van der Waals surface area (Å²) in [6.07, 6.45) is 0. The lowest BCUT2D eigenvalue weighted by molar-refractivity contribution is 0.102. The minimum atomic E-state index is -0.232. The molecule has 2 rings (SSSR count). The van der Waals surface area contributed by atoms with Gasteiger partial charge < -0.3 is 5.32 Å². The molecule has 1 amide bonds. The van der Waals surface area contributed by atoms with Gasteiger partial charge in [0.15, 0.2) is 5.15 Å². The molecule has 0 unspecified atom stereocenters.